The number of amides is 1. The molecule has 0 unspecified atom stereocenters. The van der Waals surface area contributed by atoms with E-state index in [1.165, 1.54) is 5.56 Å². The number of aromatic nitrogens is 1. The van der Waals surface area contributed by atoms with Crippen LogP contribution >= 0.6 is 0 Å². The number of fused-ring (bicyclic) bond motifs is 1. The number of pyridine rings is 1. The minimum Gasteiger partial charge on any atom is -0.438 e. The van der Waals surface area contributed by atoms with E-state index in [2.05, 4.69) is 40.4 Å². The largest absolute Gasteiger partial charge is 0.438 e. The summed E-state index contributed by atoms with van der Waals surface area (Å²) in [6.07, 6.45) is 4.17. The van der Waals surface area contributed by atoms with Gasteiger partial charge in [-0.1, -0.05) is 31.2 Å². The van der Waals surface area contributed by atoms with E-state index in [4.69, 9.17) is 4.74 Å². The predicted octanol–water partition coefficient (Wildman–Crippen LogP) is 3.91. The summed E-state index contributed by atoms with van der Waals surface area (Å²) in [5.41, 5.74) is 4.84. The van der Waals surface area contributed by atoms with Crippen molar-refractivity contribution in [1.29, 1.82) is 0 Å². The number of aliphatic imine (C=N–C) groups is 1. The first-order valence-corrected chi connectivity index (χ1v) is 9.34. The molecule has 28 heavy (non-hydrogen) atoms. The molecule has 1 aromatic heterocycles. The van der Waals surface area contributed by atoms with E-state index < -0.39 is 0 Å². The van der Waals surface area contributed by atoms with E-state index in [0.29, 0.717) is 24.6 Å². The Labute approximate surface area is 164 Å². The molecule has 0 radical (unpaired) electrons. The van der Waals surface area contributed by atoms with Crippen LogP contribution in [-0.4, -0.2) is 16.8 Å². The van der Waals surface area contributed by atoms with Gasteiger partial charge in [0, 0.05) is 30.1 Å². The minimum absolute atomic E-state index is 0.138. The smallest absolute Gasteiger partial charge is 0.253 e. The molecule has 1 aliphatic rings. The van der Waals surface area contributed by atoms with Crippen LogP contribution in [0.5, 0.6) is 5.75 Å². The Morgan fingerprint density at radius 1 is 1.11 bits per heavy atom. The molecule has 0 bridgehead atoms. The second kappa shape index (κ2) is 8.05. The average Bonchev–Trinajstić information content (AvgIpc) is 2.77. The summed E-state index contributed by atoms with van der Waals surface area (Å²) in [5, 5.41) is 2.90. The number of hydrogen-bond acceptors (Lipinski definition) is 4. The Balaban J connectivity index is 1.41. The zero-order valence-electron chi connectivity index (χ0n) is 15.7. The third kappa shape index (κ3) is 3.93. The van der Waals surface area contributed by atoms with Crippen molar-refractivity contribution in [3.63, 3.8) is 0 Å². The van der Waals surface area contributed by atoms with Crippen LogP contribution in [-0.2, 0) is 19.5 Å². The van der Waals surface area contributed by atoms with Gasteiger partial charge in [0.05, 0.1) is 12.1 Å². The van der Waals surface area contributed by atoms with E-state index in [1.54, 1.807) is 24.5 Å². The Bertz CT molecular complexity index is 1010. The summed E-state index contributed by atoms with van der Waals surface area (Å²) >= 11 is 0. The molecule has 0 saturated carbocycles. The van der Waals surface area contributed by atoms with Crippen molar-refractivity contribution in [3.8, 4) is 5.75 Å². The quantitative estimate of drug-likeness (QED) is 0.739. The maximum absolute atomic E-state index is 12.1. The number of ether oxygens (including phenoxy) is 1. The lowest BCUT2D eigenvalue weighted by molar-refractivity contribution is 0.0950. The molecule has 0 aliphatic carbocycles. The molecule has 2 heterocycles. The van der Waals surface area contributed by atoms with Gasteiger partial charge in [-0.2, -0.15) is 0 Å². The number of carbonyl (C=O) groups excluding carboxylic acids is 1. The topological polar surface area (TPSA) is 63.6 Å². The van der Waals surface area contributed by atoms with Crippen LogP contribution in [0.25, 0.3) is 0 Å². The molecule has 1 amide bonds. The Hall–Kier alpha value is -3.47. The maximum atomic E-state index is 12.1. The lowest BCUT2D eigenvalue weighted by Crippen LogP contribution is -2.23. The fraction of sp³-hybridized carbons (Fsp3) is 0.174. The molecule has 5 heteroatoms. The number of benzene rings is 2. The molecule has 1 N–H and O–H groups in total. The van der Waals surface area contributed by atoms with Crippen molar-refractivity contribution in [2.75, 3.05) is 0 Å². The van der Waals surface area contributed by atoms with E-state index in [1.807, 2.05) is 24.3 Å². The molecule has 4 rings (SSSR count). The van der Waals surface area contributed by atoms with Crippen molar-refractivity contribution >= 4 is 11.8 Å². The Morgan fingerprint density at radius 2 is 1.93 bits per heavy atom. The molecule has 2 aromatic carbocycles. The monoisotopic (exact) mass is 371 g/mol. The lowest BCUT2D eigenvalue weighted by atomic mass is 10.1. The van der Waals surface area contributed by atoms with Gasteiger partial charge in [-0.15, -0.1) is 0 Å². The molecular formula is C23H21N3O2. The van der Waals surface area contributed by atoms with Crippen LogP contribution in [0.2, 0.25) is 0 Å². The number of nitrogens with one attached hydrogen (secondary N) is 1. The third-order valence-electron chi connectivity index (χ3n) is 4.72. The standard InChI is InChI=1S/C23H21N3O2/c1-2-16-5-10-19-15-26-23(28-21(19)12-16)18-8-6-17(7-9-18)13-25-22(27)20-4-3-11-24-14-20/h3-12,14H,2,13,15H2,1H3,(H,25,27). The molecule has 140 valence electrons. The maximum Gasteiger partial charge on any atom is 0.253 e. The Kier molecular flexibility index (Phi) is 5.15. The highest BCUT2D eigenvalue weighted by Crippen LogP contribution is 2.26. The molecule has 5 nitrogen and oxygen atoms in total. The number of aryl methyl sites for hydroxylation is 1. The predicted molar refractivity (Wildman–Crippen MR) is 109 cm³/mol. The SMILES string of the molecule is CCc1ccc2c(c1)OC(c1ccc(CNC(=O)c3cccnc3)cc1)=NC2. The zero-order chi connectivity index (χ0) is 19.3. The highest BCUT2D eigenvalue weighted by Gasteiger charge is 2.16. The molecule has 3 aromatic rings. The van der Waals surface area contributed by atoms with Crippen molar-refractivity contribution in [3.05, 3.63) is 94.8 Å². The van der Waals surface area contributed by atoms with Gasteiger partial charge < -0.3 is 10.1 Å². The average molecular weight is 371 g/mol. The van der Waals surface area contributed by atoms with Crippen LogP contribution in [0.3, 0.4) is 0 Å². The normalized spacial score (nSPS) is 12.5. The van der Waals surface area contributed by atoms with E-state index >= 15 is 0 Å². The number of nitrogens with zero attached hydrogens (tertiary/aromatic N) is 2. The van der Waals surface area contributed by atoms with Crippen LogP contribution in [0, 0.1) is 0 Å². The first-order chi connectivity index (χ1) is 13.7. The van der Waals surface area contributed by atoms with Crippen LogP contribution in [0.1, 0.15) is 39.5 Å². The van der Waals surface area contributed by atoms with Crippen molar-refractivity contribution in [2.45, 2.75) is 26.4 Å². The summed E-state index contributed by atoms with van der Waals surface area (Å²) in [5.74, 6) is 1.38. The van der Waals surface area contributed by atoms with Gasteiger partial charge in [0.2, 0.25) is 5.90 Å². The minimum atomic E-state index is -0.138. The van der Waals surface area contributed by atoms with Gasteiger partial charge in [-0.3, -0.25) is 9.78 Å². The molecular weight excluding hydrogens is 350 g/mol. The number of carbonyl (C=O) groups is 1. The van der Waals surface area contributed by atoms with Gasteiger partial charge in [-0.25, -0.2) is 4.99 Å². The van der Waals surface area contributed by atoms with Gasteiger partial charge >= 0.3 is 0 Å². The van der Waals surface area contributed by atoms with Gasteiger partial charge in [-0.05, 0) is 47.9 Å². The van der Waals surface area contributed by atoms with Crippen molar-refractivity contribution in [2.24, 2.45) is 4.99 Å². The molecule has 0 fully saturated rings. The summed E-state index contributed by atoms with van der Waals surface area (Å²) in [6.45, 7) is 3.20. The van der Waals surface area contributed by atoms with Crippen LogP contribution in [0.4, 0.5) is 0 Å². The van der Waals surface area contributed by atoms with E-state index in [-0.39, 0.29) is 5.91 Å². The Morgan fingerprint density at radius 3 is 2.68 bits per heavy atom. The number of hydrogen-bond donors (Lipinski definition) is 1. The molecule has 0 atom stereocenters. The zero-order valence-corrected chi connectivity index (χ0v) is 15.7. The second-order valence-corrected chi connectivity index (χ2v) is 6.64. The first kappa shape index (κ1) is 17.9. The van der Waals surface area contributed by atoms with Gasteiger partial charge in [0.15, 0.2) is 0 Å². The highest BCUT2D eigenvalue weighted by molar-refractivity contribution is 5.96. The van der Waals surface area contributed by atoms with Gasteiger partial charge in [0.25, 0.3) is 5.91 Å². The van der Waals surface area contributed by atoms with Gasteiger partial charge in [0.1, 0.15) is 5.75 Å². The van der Waals surface area contributed by atoms with Crippen LogP contribution < -0.4 is 10.1 Å². The third-order valence-corrected chi connectivity index (χ3v) is 4.72. The highest BCUT2D eigenvalue weighted by atomic mass is 16.5. The van der Waals surface area contributed by atoms with E-state index in [9.17, 15) is 4.79 Å². The molecule has 0 spiro atoms. The van der Waals surface area contributed by atoms with Crippen LogP contribution in [0.15, 0.2) is 72.0 Å². The van der Waals surface area contributed by atoms with Crippen molar-refractivity contribution in [1.82, 2.24) is 10.3 Å². The first-order valence-electron chi connectivity index (χ1n) is 9.34. The number of rotatable bonds is 5. The van der Waals surface area contributed by atoms with E-state index in [0.717, 1.165) is 28.9 Å². The fourth-order valence-corrected chi connectivity index (χ4v) is 3.03. The second-order valence-electron chi connectivity index (χ2n) is 6.64. The lowest BCUT2D eigenvalue weighted by Gasteiger charge is -2.18. The fourth-order valence-electron chi connectivity index (χ4n) is 3.03. The summed E-state index contributed by atoms with van der Waals surface area (Å²) in [7, 11) is 0. The van der Waals surface area contributed by atoms with Crippen molar-refractivity contribution < 1.29 is 9.53 Å². The summed E-state index contributed by atoms with van der Waals surface area (Å²) < 4.78 is 6.03. The molecule has 0 saturated heterocycles. The summed E-state index contributed by atoms with van der Waals surface area (Å²) in [4.78, 5) is 20.6. The molecule has 1 aliphatic heterocycles. The summed E-state index contributed by atoms with van der Waals surface area (Å²) in [6, 6.07) is 17.7.